The lowest BCUT2D eigenvalue weighted by atomic mass is 9.98. The molecule has 3 heterocycles. The van der Waals surface area contributed by atoms with Gasteiger partial charge in [0.1, 0.15) is 12.4 Å². The molecule has 1 aliphatic rings. The molecule has 1 saturated heterocycles. The number of carbonyl (C=O) groups excluding carboxylic acids is 1. The maximum atomic E-state index is 12.4. The van der Waals surface area contributed by atoms with Gasteiger partial charge < -0.3 is 14.4 Å². The zero-order valence-corrected chi connectivity index (χ0v) is 15.4. The molecule has 1 amide bonds. The van der Waals surface area contributed by atoms with E-state index in [9.17, 15) is 4.79 Å². The number of ether oxygens (including phenoxy) is 2. The largest absolute Gasteiger partial charge is 0.486 e. The van der Waals surface area contributed by atoms with Crippen LogP contribution < -0.4 is 9.47 Å². The van der Waals surface area contributed by atoms with Crippen molar-refractivity contribution in [2.75, 3.05) is 20.2 Å². The van der Waals surface area contributed by atoms with E-state index < -0.39 is 0 Å². The zero-order valence-electron chi connectivity index (χ0n) is 15.4. The number of hydrogen-bond acceptors (Lipinski definition) is 7. The second-order valence-corrected chi connectivity index (χ2v) is 6.42. The predicted octanol–water partition coefficient (Wildman–Crippen LogP) is 2.09. The molecule has 0 aliphatic carbocycles. The van der Waals surface area contributed by atoms with E-state index in [1.807, 2.05) is 30.3 Å². The van der Waals surface area contributed by atoms with E-state index in [-0.39, 0.29) is 11.8 Å². The molecule has 2 aromatic heterocycles. The van der Waals surface area contributed by atoms with E-state index in [0.717, 1.165) is 5.56 Å². The van der Waals surface area contributed by atoms with Crippen LogP contribution in [0, 0.1) is 0 Å². The number of likely N-dealkylation sites (tertiary alicyclic amines) is 1. The van der Waals surface area contributed by atoms with Gasteiger partial charge in [-0.15, -0.1) is 10.2 Å². The fourth-order valence-corrected chi connectivity index (χ4v) is 2.87. The van der Waals surface area contributed by atoms with Gasteiger partial charge in [-0.2, -0.15) is 0 Å². The van der Waals surface area contributed by atoms with E-state index in [4.69, 9.17) is 9.47 Å². The summed E-state index contributed by atoms with van der Waals surface area (Å²) in [7, 11) is 1.50. The molecule has 1 fully saturated rings. The van der Waals surface area contributed by atoms with Gasteiger partial charge in [-0.25, -0.2) is 9.97 Å². The highest BCUT2D eigenvalue weighted by Crippen LogP contribution is 2.26. The topological polar surface area (TPSA) is 90.3 Å². The second-order valence-electron chi connectivity index (χ2n) is 6.42. The average molecular weight is 377 g/mol. The number of nitrogens with zero attached hydrogens (tertiary/aromatic N) is 5. The number of amides is 1. The number of aromatic nitrogens is 4. The molecule has 1 aliphatic heterocycles. The van der Waals surface area contributed by atoms with Gasteiger partial charge in [0.15, 0.2) is 11.4 Å². The summed E-state index contributed by atoms with van der Waals surface area (Å²) in [5.41, 5.74) is 1.38. The van der Waals surface area contributed by atoms with E-state index in [2.05, 4.69) is 20.2 Å². The van der Waals surface area contributed by atoms with Crippen LogP contribution in [-0.2, 0) is 6.61 Å². The molecule has 8 heteroatoms. The van der Waals surface area contributed by atoms with Crippen molar-refractivity contribution >= 4 is 5.91 Å². The molecule has 0 radical (unpaired) electrons. The van der Waals surface area contributed by atoms with Crippen molar-refractivity contribution in [3.63, 3.8) is 0 Å². The summed E-state index contributed by atoms with van der Waals surface area (Å²) >= 11 is 0. The maximum Gasteiger partial charge on any atom is 0.274 e. The first-order valence-corrected chi connectivity index (χ1v) is 8.88. The van der Waals surface area contributed by atoms with Gasteiger partial charge in [0, 0.05) is 19.2 Å². The summed E-state index contributed by atoms with van der Waals surface area (Å²) in [6, 6.07) is 13.1. The highest BCUT2D eigenvalue weighted by Gasteiger charge is 2.34. The van der Waals surface area contributed by atoms with Crippen LogP contribution in [0.3, 0.4) is 0 Å². The summed E-state index contributed by atoms with van der Waals surface area (Å²) in [6.07, 6.45) is 3.34. The Morgan fingerprint density at radius 2 is 1.82 bits per heavy atom. The molecule has 0 N–H and O–H groups in total. The van der Waals surface area contributed by atoms with Gasteiger partial charge in [0.25, 0.3) is 5.91 Å². The van der Waals surface area contributed by atoms with E-state index in [1.165, 1.54) is 7.11 Å². The molecular weight excluding hydrogens is 358 g/mol. The van der Waals surface area contributed by atoms with Crippen LogP contribution in [0.15, 0.2) is 54.9 Å². The summed E-state index contributed by atoms with van der Waals surface area (Å²) in [5, 5.41) is 7.72. The molecule has 28 heavy (non-hydrogen) atoms. The van der Waals surface area contributed by atoms with Gasteiger partial charge in [-0.3, -0.25) is 4.79 Å². The first kappa shape index (κ1) is 17.8. The molecule has 0 unspecified atom stereocenters. The third-order valence-corrected chi connectivity index (χ3v) is 4.50. The van der Waals surface area contributed by atoms with Gasteiger partial charge in [-0.05, 0) is 11.6 Å². The molecule has 142 valence electrons. The van der Waals surface area contributed by atoms with Crippen molar-refractivity contribution in [2.45, 2.75) is 12.5 Å². The standard InChI is InChI=1S/C20H19N5O3/c1-27-18-8-7-17(23-24-18)20(26)25-11-15(12-25)19-21-9-16(10-22-19)28-13-14-5-3-2-4-6-14/h2-10,15H,11-13H2,1H3. The van der Waals surface area contributed by atoms with Crippen molar-refractivity contribution in [3.8, 4) is 11.6 Å². The van der Waals surface area contributed by atoms with Crippen LogP contribution in [0.5, 0.6) is 11.6 Å². The number of benzene rings is 1. The Balaban J connectivity index is 1.29. The lowest BCUT2D eigenvalue weighted by Crippen LogP contribution is -2.49. The van der Waals surface area contributed by atoms with Crippen LogP contribution in [0.25, 0.3) is 0 Å². The minimum absolute atomic E-state index is 0.110. The number of carbonyl (C=O) groups is 1. The van der Waals surface area contributed by atoms with E-state index >= 15 is 0 Å². The maximum absolute atomic E-state index is 12.4. The first-order chi connectivity index (χ1) is 13.7. The van der Waals surface area contributed by atoms with E-state index in [0.29, 0.717) is 42.8 Å². The Hall–Kier alpha value is -3.55. The Labute approximate surface area is 162 Å². The minimum Gasteiger partial charge on any atom is -0.486 e. The number of methoxy groups -OCH3 is 1. The SMILES string of the molecule is COc1ccc(C(=O)N2CC(c3ncc(OCc4ccccc4)cn3)C2)nn1. The van der Waals surface area contributed by atoms with E-state index in [1.54, 1.807) is 29.4 Å². The average Bonchev–Trinajstić information content (AvgIpc) is 2.73. The molecule has 0 spiro atoms. The Bertz CT molecular complexity index is 926. The fourth-order valence-electron chi connectivity index (χ4n) is 2.87. The molecule has 8 nitrogen and oxygen atoms in total. The number of rotatable bonds is 6. The second kappa shape index (κ2) is 7.99. The normalized spacial score (nSPS) is 13.7. The van der Waals surface area contributed by atoms with Crippen molar-refractivity contribution in [2.24, 2.45) is 0 Å². The van der Waals surface area contributed by atoms with Crippen LogP contribution in [0.4, 0.5) is 0 Å². The lowest BCUT2D eigenvalue weighted by Gasteiger charge is -2.37. The molecule has 0 bridgehead atoms. The molecule has 1 aromatic carbocycles. The molecule has 0 atom stereocenters. The van der Waals surface area contributed by atoms with Gasteiger partial charge in [0.05, 0.1) is 25.4 Å². The monoisotopic (exact) mass is 377 g/mol. The van der Waals surface area contributed by atoms with Crippen molar-refractivity contribution in [1.82, 2.24) is 25.1 Å². The summed E-state index contributed by atoms with van der Waals surface area (Å²) in [4.78, 5) is 22.9. The van der Waals surface area contributed by atoms with Crippen LogP contribution in [0.1, 0.15) is 27.8 Å². The van der Waals surface area contributed by atoms with Gasteiger partial charge in [-0.1, -0.05) is 30.3 Å². The molecular formula is C20H19N5O3. The predicted molar refractivity (Wildman–Crippen MR) is 100 cm³/mol. The first-order valence-electron chi connectivity index (χ1n) is 8.88. The van der Waals surface area contributed by atoms with Gasteiger partial charge in [0.2, 0.25) is 5.88 Å². The zero-order chi connectivity index (χ0) is 19.3. The third-order valence-electron chi connectivity index (χ3n) is 4.50. The highest BCUT2D eigenvalue weighted by molar-refractivity contribution is 5.92. The Kier molecular flexibility index (Phi) is 5.09. The Morgan fingerprint density at radius 3 is 2.46 bits per heavy atom. The summed E-state index contributed by atoms with van der Waals surface area (Å²) in [5.74, 6) is 1.65. The highest BCUT2D eigenvalue weighted by atomic mass is 16.5. The van der Waals surface area contributed by atoms with Crippen LogP contribution in [0.2, 0.25) is 0 Å². The fraction of sp³-hybridized carbons (Fsp3) is 0.250. The molecule has 3 aromatic rings. The quantitative estimate of drug-likeness (QED) is 0.650. The minimum atomic E-state index is -0.158. The molecule has 4 rings (SSSR count). The van der Waals surface area contributed by atoms with Crippen LogP contribution >= 0.6 is 0 Å². The van der Waals surface area contributed by atoms with Crippen molar-refractivity contribution < 1.29 is 14.3 Å². The summed E-state index contributed by atoms with van der Waals surface area (Å²) < 4.78 is 10.7. The lowest BCUT2D eigenvalue weighted by molar-refractivity contribution is 0.0586. The van der Waals surface area contributed by atoms with Crippen LogP contribution in [-0.4, -0.2) is 51.2 Å². The third kappa shape index (κ3) is 3.90. The van der Waals surface area contributed by atoms with Crippen molar-refractivity contribution in [1.29, 1.82) is 0 Å². The summed E-state index contributed by atoms with van der Waals surface area (Å²) in [6.45, 7) is 1.58. The number of hydrogen-bond donors (Lipinski definition) is 0. The van der Waals surface area contributed by atoms with Crippen molar-refractivity contribution in [3.05, 3.63) is 71.9 Å². The Morgan fingerprint density at radius 1 is 1.07 bits per heavy atom. The van der Waals surface area contributed by atoms with Gasteiger partial charge >= 0.3 is 0 Å². The molecule has 0 saturated carbocycles. The smallest absolute Gasteiger partial charge is 0.274 e.